The van der Waals surface area contributed by atoms with Gasteiger partial charge in [0, 0.05) is 29.6 Å². The van der Waals surface area contributed by atoms with Gasteiger partial charge in [-0.1, -0.05) is 18.2 Å². The molecule has 192 valence electrons. The van der Waals surface area contributed by atoms with Crippen LogP contribution in [0.2, 0.25) is 0 Å². The van der Waals surface area contributed by atoms with Crippen LogP contribution in [-0.2, 0) is 12.7 Å². The molecule has 0 aliphatic heterocycles. The second-order valence-electron chi connectivity index (χ2n) is 8.31. The number of aromatic nitrogens is 4. The van der Waals surface area contributed by atoms with Gasteiger partial charge in [0.05, 0.1) is 30.8 Å². The average Bonchev–Trinajstić information content (AvgIpc) is 3.37. The molecule has 0 radical (unpaired) electrons. The number of alkyl halides is 3. The van der Waals surface area contributed by atoms with Crippen LogP contribution in [-0.4, -0.2) is 39.5 Å². The number of amides is 1. The predicted molar refractivity (Wildman–Crippen MR) is 133 cm³/mol. The van der Waals surface area contributed by atoms with Crippen LogP contribution >= 0.6 is 0 Å². The molecule has 0 saturated carbocycles. The summed E-state index contributed by atoms with van der Waals surface area (Å²) in [4.78, 5) is 17.1. The first-order chi connectivity index (χ1) is 17.7. The highest BCUT2D eigenvalue weighted by molar-refractivity contribution is 6.04. The number of nitrogens with zero attached hydrogens (tertiary/aromatic N) is 4. The Kier molecular flexibility index (Phi) is 7.53. The van der Waals surface area contributed by atoms with Crippen LogP contribution in [0.1, 0.15) is 34.0 Å². The normalized spacial score (nSPS) is 11.4. The lowest BCUT2D eigenvalue weighted by molar-refractivity contribution is -0.137. The summed E-state index contributed by atoms with van der Waals surface area (Å²) >= 11 is 0. The van der Waals surface area contributed by atoms with Gasteiger partial charge in [-0.25, -0.2) is 4.68 Å². The van der Waals surface area contributed by atoms with Gasteiger partial charge in [0.2, 0.25) is 0 Å². The highest BCUT2D eigenvalue weighted by Crippen LogP contribution is 2.32. The van der Waals surface area contributed by atoms with E-state index in [9.17, 15) is 18.0 Å². The van der Waals surface area contributed by atoms with Gasteiger partial charge in [-0.15, -0.1) is 5.10 Å². The van der Waals surface area contributed by atoms with E-state index in [0.717, 1.165) is 17.7 Å². The van der Waals surface area contributed by atoms with E-state index in [2.05, 4.69) is 25.9 Å². The maximum atomic E-state index is 13.4. The molecular weight excluding hydrogens is 485 g/mol. The number of ether oxygens (including phenoxy) is 1. The molecule has 0 bridgehead atoms. The van der Waals surface area contributed by atoms with Gasteiger partial charge in [0.1, 0.15) is 11.4 Å². The number of nitrogens with one attached hydrogen (secondary N) is 2. The van der Waals surface area contributed by atoms with Crippen molar-refractivity contribution in [2.45, 2.75) is 26.6 Å². The van der Waals surface area contributed by atoms with E-state index in [4.69, 9.17) is 4.74 Å². The number of halogens is 3. The van der Waals surface area contributed by atoms with E-state index in [1.165, 1.54) is 10.7 Å². The molecule has 8 nitrogen and oxygen atoms in total. The second-order valence-corrected chi connectivity index (χ2v) is 8.31. The quantitative estimate of drug-likeness (QED) is 0.346. The molecule has 0 atom stereocenters. The number of benzene rings is 2. The Labute approximate surface area is 211 Å². The molecule has 4 rings (SSSR count). The summed E-state index contributed by atoms with van der Waals surface area (Å²) in [6.45, 7) is 4.56. The molecule has 2 heterocycles. The fourth-order valence-electron chi connectivity index (χ4n) is 3.68. The van der Waals surface area contributed by atoms with Crippen molar-refractivity contribution >= 4 is 11.6 Å². The molecule has 2 N–H and O–H groups in total. The Balaban J connectivity index is 1.61. The predicted octanol–water partition coefficient (Wildman–Crippen LogP) is 5.03. The average molecular weight is 511 g/mol. The Morgan fingerprint density at radius 1 is 1.11 bits per heavy atom. The van der Waals surface area contributed by atoms with Crippen molar-refractivity contribution in [1.29, 1.82) is 0 Å². The first kappa shape index (κ1) is 25.8. The number of aryl methyl sites for hydroxylation is 1. The lowest BCUT2D eigenvalue weighted by Crippen LogP contribution is -2.16. The number of pyridine rings is 1. The van der Waals surface area contributed by atoms with Crippen LogP contribution in [0.3, 0.4) is 0 Å². The van der Waals surface area contributed by atoms with E-state index >= 15 is 0 Å². The summed E-state index contributed by atoms with van der Waals surface area (Å²) < 4.78 is 47.0. The van der Waals surface area contributed by atoms with Crippen molar-refractivity contribution in [2.75, 3.05) is 19.0 Å². The molecule has 0 saturated heterocycles. The monoisotopic (exact) mass is 510 g/mol. The highest BCUT2D eigenvalue weighted by atomic mass is 19.4. The maximum absolute atomic E-state index is 13.4. The molecule has 0 spiro atoms. The third-order valence-corrected chi connectivity index (χ3v) is 5.61. The van der Waals surface area contributed by atoms with Gasteiger partial charge >= 0.3 is 6.18 Å². The van der Waals surface area contributed by atoms with Crippen LogP contribution in [0, 0.1) is 6.92 Å². The standard InChI is InChI=1S/C26H25F3N6O2/c1-4-30-12-17-7-20(26(27,28)29)11-21(8-17)32-25(36)18-6-5-16(2)24(10-18)35-15-23(33-34-35)19-9-22(37-3)14-31-13-19/h5-11,13-15,30H,4,12H2,1-3H3,(H,32,36). The van der Waals surface area contributed by atoms with Crippen LogP contribution < -0.4 is 15.4 Å². The van der Waals surface area contributed by atoms with Gasteiger partial charge in [-0.3, -0.25) is 9.78 Å². The fraction of sp³-hybridized carbons (Fsp3) is 0.231. The molecule has 4 aromatic rings. The zero-order chi connectivity index (χ0) is 26.6. The second kappa shape index (κ2) is 10.8. The van der Waals surface area contributed by atoms with Crippen LogP contribution in [0.5, 0.6) is 5.75 Å². The summed E-state index contributed by atoms with van der Waals surface area (Å²) in [7, 11) is 1.54. The third-order valence-electron chi connectivity index (χ3n) is 5.61. The van der Waals surface area contributed by atoms with Crippen molar-refractivity contribution in [2.24, 2.45) is 0 Å². The van der Waals surface area contributed by atoms with E-state index < -0.39 is 17.6 Å². The lowest BCUT2D eigenvalue weighted by atomic mass is 10.1. The summed E-state index contributed by atoms with van der Waals surface area (Å²) in [6, 6.07) is 10.2. The molecule has 37 heavy (non-hydrogen) atoms. The highest BCUT2D eigenvalue weighted by Gasteiger charge is 2.31. The first-order valence-electron chi connectivity index (χ1n) is 11.4. The van der Waals surface area contributed by atoms with E-state index in [0.29, 0.717) is 34.8 Å². The number of hydrogen-bond acceptors (Lipinski definition) is 6. The molecule has 2 aromatic heterocycles. The zero-order valence-electron chi connectivity index (χ0n) is 20.4. The fourth-order valence-corrected chi connectivity index (χ4v) is 3.68. The van der Waals surface area contributed by atoms with Crippen molar-refractivity contribution < 1.29 is 22.7 Å². The number of hydrogen-bond donors (Lipinski definition) is 2. The Hall–Kier alpha value is -4.25. The largest absolute Gasteiger partial charge is 0.495 e. The van der Waals surface area contributed by atoms with Gasteiger partial charge in [0.25, 0.3) is 5.91 Å². The minimum absolute atomic E-state index is 0.0587. The minimum atomic E-state index is -4.54. The van der Waals surface area contributed by atoms with Crippen LogP contribution in [0.4, 0.5) is 18.9 Å². The van der Waals surface area contributed by atoms with Gasteiger partial charge in [-0.05, 0) is 61.0 Å². The Morgan fingerprint density at radius 3 is 2.65 bits per heavy atom. The third kappa shape index (κ3) is 6.12. The SMILES string of the molecule is CCNCc1cc(NC(=O)c2ccc(C)c(-n3cc(-c4cncc(OC)c4)nn3)c2)cc(C(F)(F)F)c1. The molecule has 0 fully saturated rings. The topological polar surface area (TPSA) is 94.0 Å². The zero-order valence-corrected chi connectivity index (χ0v) is 20.4. The molecule has 0 aliphatic carbocycles. The Bertz CT molecular complexity index is 1420. The number of anilines is 1. The van der Waals surface area contributed by atoms with Crippen LogP contribution in [0.25, 0.3) is 16.9 Å². The maximum Gasteiger partial charge on any atom is 0.416 e. The molecule has 2 aromatic carbocycles. The number of carbonyl (C=O) groups is 1. The first-order valence-corrected chi connectivity index (χ1v) is 11.4. The molecular formula is C26H25F3N6O2. The summed E-state index contributed by atoms with van der Waals surface area (Å²) in [6.07, 6.45) is 0.364. The lowest BCUT2D eigenvalue weighted by Gasteiger charge is -2.14. The van der Waals surface area contributed by atoms with Crippen molar-refractivity contribution in [3.8, 4) is 22.7 Å². The Morgan fingerprint density at radius 2 is 1.92 bits per heavy atom. The number of carbonyl (C=O) groups excluding carboxylic acids is 1. The van der Waals surface area contributed by atoms with E-state index in [-0.39, 0.29) is 17.8 Å². The van der Waals surface area contributed by atoms with Gasteiger partial charge < -0.3 is 15.4 Å². The van der Waals surface area contributed by atoms with Crippen molar-refractivity contribution in [3.63, 3.8) is 0 Å². The molecule has 0 unspecified atom stereocenters. The smallest absolute Gasteiger partial charge is 0.416 e. The van der Waals surface area contributed by atoms with Crippen molar-refractivity contribution in [3.05, 3.63) is 83.3 Å². The summed E-state index contributed by atoms with van der Waals surface area (Å²) in [5.41, 5.74) is 2.58. The summed E-state index contributed by atoms with van der Waals surface area (Å²) in [5, 5.41) is 14.0. The minimum Gasteiger partial charge on any atom is -0.495 e. The van der Waals surface area contributed by atoms with E-state index in [1.54, 1.807) is 50.0 Å². The molecule has 0 aliphatic rings. The number of methoxy groups -OCH3 is 1. The van der Waals surface area contributed by atoms with Crippen molar-refractivity contribution in [1.82, 2.24) is 25.3 Å². The van der Waals surface area contributed by atoms with Crippen LogP contribution in [0.15, 0.2) is 61.1 Å². The van der Waals surface area contributed by atoms with Gasteiger partial charge in [-0.2, -0.15) is 13.2 Å². The number of rotatable bonds is 8. The summed E-state index contributed by atoms with van der Waals surface area (Å²) in [5.74, 6) is 0.0254. The molecule has 1 amide bonds. The van der Waals surface area contributed by atoms with Gasteiger partial charge in [0.15, 0.2) is 0 Å². The molecule has 11 heteroatoms. The van der Waals surface area contributed by atoms with E-state index in [1.807, 2.05) is 13.8 Å².